The first kappa shape index (κ1) is 10.7. The number of carbonyl (C=O) groups is 2. The molecule has 4 nitrogen and oxygen atoms in total. The number of rotatable bonds is 2. The van der Waals surface area contributed by atoms with Gasteiger partial charge < -0.3 is 4.74 Å². The molecule has 16 heavy (non-hydrogen) atoms. The van der Waals surface area contributed by atoms with Gasteiger partial charge in [-0.15, -0.1) is 0 Å². The van der Waals surface area contributed by atoms with Crippen molar-refractivity contribution in [3.05, 3.63) is 29.8 Å². The molecule has 1 aliphatic heterocycles. The third-order valence-electron chi connectivity index (χ3n) is 2.49. The maximum atomic E-state index is 11.4. The lowest BCUT2D eigenvalue weighted by Gasteiger charge is -2.21. The Kier molecular flexibility index (Phi) is 2.90. The van der Waals surface area contributed by atoms with Crippen molar-refractivity contribution in [2.24, 2.45) is 0 Å². The van der Waals surface area contributed by atoms with Crippen LogP contribution in [0.2, 0.25) is 0 Å². The zero-order chi connectivity index (χ0) is 11.5. The first-order valence-corrected chi connectivity index (χ1v) is 5.22. The third-order valence-corrected chi connectivity index (χ3v) is 2.49. The maximum Gasteiger partial charge on any atom is 0.267 e. The number of carbonyl (C=O) groups excluding carboxylic acids is 2. The van der Waals surface area contributed by atoms with Crippen molar-refractivity contribution < 1.29 is 14.3 Å². The summed E-state index contributed by atoms with van der Waals surface area (Å²) in [6.07, 6.45) is 0.223. The van der Waals surface area contributed by atoms with Crippen molar-refractivity contribution in [3.8, 4) is 5.75 Å². The topological polar surface area (TPSA) is 55.4 Å². The minimum absolute atomic E-state index is 0.228. The van der Waals surface area contributed by atoms with Crippen LogP contribution in [0.5, 0.6) is 5.75 Å². The van der Waals surface area contributed by atoms with Gasteiger partial charge in [0.25, 0.3) is 5.91 Å². The average molecular weight is 219 g/mol. The fourth-order valence-electron chi connectivity index (χ4n) is 1.57. The van der Waals surface area contributed by atoms with Crippen molar-refractivity contribution in [1.29, 1.82) is 0 Å². The molecule has 0 radical (unpaired) electrons. The van der Waals surface area contributed by atoms with Crippen LogP contribution < -0.4 is 10.1 Å². The van der Waals surface area contributed by atoms with Crippen molar-refractivity contribution in [1.82, 2.24) is 5.32 Å². The van der Waals surface area contributed by atoms with Crippen LogP contribution in [0, 0.1) is 6.92 Å². The highest BCUT2D eigenvalue weighted by Gasteiger charge is 2.27. The van der Waals surface area contributed by atoms with E-state index in [1.165, 1.54) is 0 Å². The molecule has 1 aromatic rings. The minimum Gasteiger partial charge on any atom is -0.481 e. The molecule has 2 amide bonds. The fraction of sp³-hybridized carbons (Fsp3) is 0.333. The Labute approximate surface area is 93.6 Å². The molecule has 0 aliphatic carbocycles. The zero-order valence-electron chi connectivity index (χ0n) is 9.03. The van der Waals surface area contributed by atoms with Gasteiger partial charge in [0.05, 0.1) is 0 Å². The van der Waals surface area contributed by atoms with E-state index in [2.05, 4.69) is 5.32 Å². The standard InChI is InChI=1S/C12H13NO3/c1-8-2-4-9(5-3-8)16-10-6-7-11(14)13-12(10)15/h2-5,10H,6-7H2,1H3,(H,13,14,15). The van der Waals surface area contributed by atoms with Crippen LogP contribution in [0.3, 0.4) is 0 Å². The third kappa shape index (κ3) is 2.39. The first-order valence-electron chi connectivity index (χ1n) is 5.22. The van der Waals surface area contributed by atoms with Gasteiger partial charge in [0.2, 0.25) is 5.91 Å². The highest BCUT2D eigenvalue weighted by molar-refractivity contribution is 5.99. The van der Waals surface area contributed by atoms with Gasteiger partial charge in [-0.2, -0.15) is 0 Å². The molecular weight excluding hydrogens is 206 g/mol. The van der Waals surface area contributed by atoms with Gasteiger partial charge in [-0.05, 0) is 19.1 Å². The van der Waals surface area contributed by atoms with E-state index >= 15 is 0 Å². The van der Waals surface area contributed by atoms with E-state index in [-0.39, 0.29) is 11.8 Å². The molecule has 1 heterocycles. The highest BCUT2D eigenvalue weighted by atomic mass is 16.5. The summed E-state index contributed by atoms with van der Waals surface area (Å²) in [7, 11) is 0. The molecule has 2 rings (SSSR count). The summed E-state index contributed by atoms with van der Waals surface area (Å²) in [4.78, 5) is 22.3. The lowest BCUT2D eigenvalue weighted by molar-refractivity contribution is -0.138. The van der Waals surface area contributed by atoms with Gasteiger partial charge in [-0.1, -0.05) is 17.7 Å². The summed E-state index contributed by atoms with van der Waals surface area (Å²) in [6.45, 7) is 1.98. The molecule has 1 N–H and O–H groups in total. The van der Waals surface area contributed by atoms with Gasteiger partial charge >= 0.3 is 0 Å². The Morgan fingerprint density at radius 2 is 1.94 bits per heavy atom. The van der Waals surface area contributed by atoms with Gasteiger partial charge in [0.1, 0.15) is 5.75 Å². The largest absolute Gasteiger partial charge is 0.481 e. The number of amides is 2. The smallest absolute Gasteiger partial charge is 0.267 e. The van der Waals surface area contributed by atoms with Crippen LogP contribution in [0.4, 0.5) is 0 Å². The molecule has 0 spiro atoms. The number of aryl methyl sites for hydroxylation is 1. The molecule has 1 saturated heterocycles. The number of hydrogen-bond acceptors (Lipinski definition) is 3. The van der Waals surface area contributed by atoms with Crippen LogP contribution in [-0.4, -0.2) is 17.9 Å². The van der Waals surface area contributed by atoms with E-state index in [1.54, 1.807) is 0 Å². The quantitative estimate of drug-likeness (QED) is 0.760. The van der Waals surface area contributed by atoms with Gasteiger partial charge in [0, 0.05) is 12.8 Å². The molecule has 4 heteroatoms. The Morgan fingerprint density at radius 1 is 1.25 bits per heavy atom. The van der Waals surface area contributed by atoms with E-state index in [9.17, 15) is 9.59 Å². The van der Waals surface area contributed by atoms with Gasteiger partial charge in [-0.3, -0.25) is 14.9 Å². The molecule has 0 bridgehead atoms. The number of imide groups is 1. The van der Waals surface area contributed by atoms with E-state index in [0.29, 0.717) is 18.6 Å². The van der Waals surface area contributed by atoms with E-state index < -0.39 is 6.10 Å². The summed E-state index contributed by atoms with van der Waals surface area (Å²) in [5, 5.41) is 2.26. The molecule has 1 aromatic carbocycles. The number of benzene rings is 1. The fourth-order valence-corrected chi connectivity index (χ4v) is 1.57. The molecular formula is C12H13NO3. The summed E-state index contributed by atoms with van der Waals surface area (Å²) >= 11 is 0. The summed E-state index contributed by atoms with van der Waals surface area (Å²) in [6, 6.07) is 7.47. The van der Waals surface area contributed by atoms with Crippen molar-refractivity contribution in [2.75, 3.05) is 0 Å². The van der Waals surface area contributed by atoms with Crippen LogP contribution in [0.25, 0.3) is 0 Å². The van der Waals surface area contributed by atoms with Gasteiger partial charge in [0.15, 0.2) is 6.10 Å². The molecule has 1 unspecified atom stereocenters. The van der Waals surface area contributed by atoms with E-state index in [1.807, 2.05) is 31.2 Å². The average Bonchev–Trinajstić information content (AvgIpc) is 2.25. The normalized spacial score (nSPS) is 20.4. The molecule has 1 aliphatic rings. The molecule has 1 fully saturated rings. The Morgan fingerprint density at radius 3 is 2.56 bits per heavy atom. The molecule has 84 valence electrons. The number of piperidine rings is 1. The number of hydrogen-bond donors (Lipinski definition) is 1. The second-order valence-electron chi connectivity index (χ2n) is 3.87. The summed E-state index contributed by atoms with van der Waals surface area (Å²) in [5.41, 5.74) is 1.13. The Bertz CT molecular complexity index is 411. The lowest BCUT2D eigenvalue weighted by atomic mass is 10.1. The molecule has 0 aromatic heterocycles. The Hall–Kier alpha value is -1.84. The lowest BCUT2D eigenvalue weighted by Crippen LogP contribution is -2.46. The summed E-state index contributed by atoms with van der Waals surface area (Å²) in [5.74, 6) is 0.0747. The first-order chi connectivity index (χ1) is 7.65. The predicted octanol–water partition coefficient (Wildman–Crippen LogP) is 1.18. The zero-order valence-corrected chi connectivity index (χ0v) is 9.03. The van der Waals surface area contributed by atoms with Crippen LogP contribution in [-0.2, 0) is 9.59 Å². The molecule has 1 atom stereocenters. The van der Waals surface area contributed by atoms with Crippen molar-refractivity contribution >= 4 is 11.8 Å². The van der Waals surface area contributed by atoms with Crippen molar-refractivity contribution in [3.63, 3.8) is 0 Å². The van der Waals surface area contributed by atoms with E-state index in [0.717, 1.165) is 5.56 Å². The van der Waals surface area contributed by atoms with Gasteiger partial charge in [-0.25, -0.2) is 0 Å². The number of nitrogens with one attached hydrogen (secondary N) is 1. The Balaban J connectivity index is 2.02. The van der Waals surface area contributed by atoms with Crippen LogP contribution in [0.15, 0.2) is 24.3 Å². The highest BCUT2D eigenvalue weighted by Crippen LogP contribution is 2.17. The number of ether oxygens (including phenoxy) is 1. The van der Waals surface area contributed by atoms with Crippen LogP contribution >= 0.6 is 0 Å². The predicted molar refractivity (Wildman–Crippen MR) is 58.0 cm³/mol. The monoisotopic (exact) mass is 219 g/mol. The minimum atomic E-state index is -0.555. The SMILES string of the molecule is Cc1ccc(OC2CCC(=O)NC2=O)cc1. The summed E-state index contributed by atoms with van der Waals surface area (Å²) < 4.78 is 5.51. The van der Waals surface area contributed by atoms with Crippen LogP contribution in [0.1, 0.15) is 18.4 Å². The van der Waals surface area contributed by atoms with Crippen molar-refractivity contribution in [2.45, 2.75) is 25.9 Å². The second kappa shape index (κ2) is 4.35. The molecule has 0 saturated carbocycles. The second-order valence-corrected chi connectivity index (χ2v) is 3.87. The maximum absolute atomic E-state index is 11.4. The van der Waals surface area contributed by atoms with E-state index in [4.69, 9.17) is 4.74 Å².